The van der Waals surface area contributed by atoms with Crippen LogP contribution in [0.15, 0.2) is 18.2 Å². The van der Waals surface area contributed by atoms with E-state index in [1.165, 1.54) is 12.1 Å². The third-order valence-electron chi connectivity index (χ3n) is 3.26. The predicted molar refractivity (Wildman–Crippen MR) is 53.5 cm³/mol. The Balaban J connectivity index is 2.49. The van der Waals surface area contributed by atoms with Gasteiger partial charge in [-0.25, -0.2) is 4.39 Å². The molecule has 0 bridgehead atoms. The van der Waals surface area contributed by atoms with Gasteiger partial charge in [-0.15, -0.1) is 0 Å². The summed E-state index contributed by atoms with van der Waals surface area (Å²) < 4.78 is 12.9. The summed E-state index contributed by atoms with van der Waals surface area (Å²) in [7, 11) is 0. The molecule has 1 aromatic rings. The Hall–Kier alpha value is -0.890. The zero-order valence-electron chi connectivity index (χ0n) is 8.55. The molecule has 0 aliphatic heterocycles. The molecule has 14 heavy (non-hydrogen) atoms. The minimum Gasteiger partial charge on any atom is -0.385 e. The molecule has 0 spiro atoms. The van der Waals surface area contributed by atoms with E-state index in [0.717, 1.165) is 17.5 Å². The van der Waals surface area contributed by atoms with Gasteiger partial charge >= 0.3 is 0 Å². The van der Waals surface area contributed by atoms with E-state index in [9.17, 15) is 9.50 Å². The van der Waals surface area contributed by atoms with Crippen LogP contribution in [0.4, 0.5) is 4.39 Å². The molecule has 0 heterocycles. The Bertz CT molecular complexity index is 359. The summed E-state index contributed by atoms with van der Waals surface area (Å²) in [5, 5.41) is 10.4. The van der Waals surface area contributed by atoms with Crippen molar-refractivity contribution in [2.75, 3.05) is 0 Å². The van der Waals surface area contributed by atoms with Gasteiger partial charge in [0.15, 0.2) is 0 Å². The second kappa shape index (κ2) is 3.06. The maximum Gasteiger partial charge on any atom is 0.123 e. The number of aryl methyl sites for hydroxylation is 1. The highest BCUT2D eigenvalue weighted by molar-refractivity contribution is 5.37. The Morgan fingerprint density at radius 2 is 2.14 bits per heavy atom. The van der Waals surface area contributed by atoms with Crippen LogP contribution in [-0.2, 0) is 12.0 Å². The third kappa shape index (κ3) is 1.25. The molecule has 1 atom stereocenters. The Morgan fingerprint density at radius 3 is 2.79 bits per heavy atom. The van der Waals surface area contributed by atoms with E-state index in [1.807, 2.05) is 13.8 Å². The van der Waals surface area contributed by atoms with Crippen molar-refractivity contribution >= 4 is 0 Å². The summed E-state index contributed by atoms with van der Waals surface area (Å²) in [5.74, 6) is -0.0361. The van der Waals surface area contributed by atoms with Crippen LogP contribution in [0.25, 0.3) is 0 Å². The van der Waals surface area contributed by atoms with E-state index in [1.54, 1.807) is 6.07 Å². The number of hydrogen-bond acceptors (Lipinski definition) is 1. The van der Waals surface area contributed by atoms with Crippen molar-refractivity contribution in [2.24, 2.45) is 5.92 Å². The fourth-order valence-corrected chi connectivity index (χ4v) is 2.25. The van der Waals surface area contributed by atoms with Gasteiger partial charge in [-0.3, -0.25) is 0 Å². The Morgan fingerprint density at radius 1 is 1.43 bits per heavy atom. The van der Waals surface area contributed by atoms with Crippen molar-refractivity contribution in [1.82, 2.24) is 0 Å². The van der Waals surface area contributed by atoms with Crippen LogP contribution < -0.4 is 0 Å². The van der Waals surface area contributed by atoms with Gasteiger partial charge in [0.25, 0.3) is 0 Å². The Labute approximate surface area is 83.6 Å². The average Bonchev–Trinajstić information content (AvgIpc) is 2.45. The van der Waals surface area contributed by atoms with Crippen LogP contribution >= 0.6 is 0 Å². The number of benzene rings is 1. The molecule has 0 saturated carbocycles. The number of rotatable bonds is 1. The first-order valence-electron chi connectivity index (χ1n) is 5.05. The first-order valence-corrected chi connectivity index (χ1v) is 5.05. The monoisotopic (exact) mass is 194 g/mol. The quantitative estimate of drug-likeness (QED) is 0.728. The van der Waals surface area contributed by atoms with Crippen molar-refractivity contribution < 1.29 is 9.50 Å². The van der Waals surface area contributed by atoms with Crippen molar-refractivity contribution in [2.45, 2.75) is 32.3 Å². The van der Waals surface area contributed by atoms with E-state index < -0.39 is 5.60 Å². The average molecular weight is 194 g/mol. The van der Waals surface area contributed by atoms with Crippen LogP contribution in [-0.4, -0.2) is 5.11 Å². The summed E-state index contributed by atoms with van der Waals surface area (Å²) in [6.07, 6.45) is 1.49. The summed E-state index contributed by atoms with van der Waals surface area (Å²) in [5.41, 5.74) is 1.12. The van der Waals surface area contributed by atoms with Gasteiger partial charge in [0, 0.05) is 0 Å². The fourth-order valence-electron chi connectivity index (χ4n) is 2.25. The van der Waals surface area contributed by atoms with Crippen LogP contribution in [0, 0.1) is 11.7 Å². The third-order valence-corrected chi connectivity index (χ3v) is 3.26. The lowest BCUT2D eigenvalue weighted by Gasteiger charge is -2.28. The molecule has 0 amide bonds. The smallest absolute Gasteiger partial charge is 0.123 e. The lowest BCUT2D eigenvalue weighted by molar-refractivity contribution is -0.00820. The largest absolute Gasteiger partial charge is 0.385 e. The molecule has 0 aromatic heterocycles. The van der Waals surface area contributed by atoms with Crippen LogP contribution in [0.2, 0.25) is 0 Å². The van der Waals surface area contributed by atoms with Gasteiger partial charge < -0.3 is 5.11 Å². The second-order valence-corrected chi connectivity index (χ2v) is 4.38. The molecule has 0 radical (unpaired) electrons. The lowest BCUT2D eigenvalue weighted by atomic mass is 9.85. The van der Waals surface area contributed by atoms with Crippen molar-refractivity contribution in [3.63, 3.8) is 0 Å². The molecule has 1 unspecified atom stereocenters. The second-order valence-electron chi connectivity index (χ2n) is 4.38. The molecule has 2 rings (SSSR count). The highest BCUT2D eigenvalue weighted by Crippen LogP contribution is 2.42. The maximum absolute atomic E-state index is 12.9. The standard InChI is InChI=1S/C12H15FO/c1-8(2)12(14)6-5-9-7-10(13)3-4-11(9)12/h3-4,7-8,14H,5-6H2,1-2H3. The zero-order chi connectivity index (χ0) is 10.3. The van der Waals surface area contributed by atoms with E-state index in [0.29, 0.717) is 6.42 Å². The van der Waals surface area contributed by atoms with Crippen molar-refractivity contribution in [3.8, 4) is 0 Å². The molecule has 0 saturated heterocycles. The molecule has 1 N–H and O–H groups in total. The predicted octanol–water partition coefficient (Wildman–Crippen LogP) is 2.62. The number of fused-ring (bicyclic) bond motifs is 1. The molecular formula is C12H15FO. The summed E-state index contributed by atoms with van der Waals surface area (Å²) >= 11 is 0. The van der Waals surface area contributed by atoms with Gasteiger partial charge in [0.1, 0.15) is 5.82 Å². The number of hydrogen-bond donors (Lipinski definition) is 1. The highest BCUT2D eigenvalue weighted by Gasteiger charge is 2.39. The first-order chi connectivity index (χ1) is 6.54. The molecule has 76 valence electrons. The highest BCUT2D eigenvalue weighted by atomic mass is 19.1. The summed E-state index contributed by atoms with van der Waals surface area (Å²) in [4.78, 5) is 0. The molecule has 0 fully saturated rings. The molecule has 1 nitrogen and oxygen atoms in total. The summed E-state index contributed by atoms with van der Waals surface area (Å²) in [6.45, 7) is 4.00. The minimum absolute atomic E-state index is 0.175. The van der Waals surface area contributed by atoms with E-state index in [4.69, 9.17) is 0 Å². The van der Waals surface area contributed by atoms with Crippen LogP contribution in [0.1, 0.15) is 31.4 Å². The van der Waals surface area contributed by atoms with Gasteiger partial charge in [-0.1, -0.05) is 19.9 Å². The molecular weight excluding hydrogens is 179 g/mol. The fraction of sp³-hybridized carbons (Fsp3) is 0.500. The summed E-state index contributed by atoms with van der Waals surface area (Å²) in [6, 6.07) is 4.69. The van der Waals surface area contributed by atoms with Gasteiger partial charge in [0.2, 0.25) is 0 Å². The van der Waals surface area contributed by atoms with Gasteiger partial charge in [0.05, 0.1) is 5.60 Å². The normalized spacial score (nSPS) is 25.5. The first kappa shape index (κ1) is 9.66. The molecule has 1 aliphatic carbocycles. The Kier molecular flexibility index (Phi) is 2.11. The van der Waals surface area contributed by atoms with E-state index >= 15 is 0 Å². The molecule has 1 aliphatic rings. The number of aliphatic hydroxyl groups is 1. The SMILES string of the molecule is CC(C)C1(O)CCc2cc(F)ccc21. The molecule has 2 heteroatoms. The van der Waals surface area contributed by atoms with Crippen LogP contribution in [0.3, 0.4) is 0 Å². The van der Waals surface area contributed by atoms with Crippen molar-refractivity contribution in [3.05, 3.63) is 35.1 Å². The van der Waals surface area contributed by atoms with Gasteiger partial charge in [-0.2, -0.15) is 0 Å². The molecule has 1 aromatic carbocycles. The van der Waals surface area contributed by atoms with Crippen molar-refractivity contribution in [1.29, 1.82) is 0 Å². The topological polar surface area (TPSA) is 20.2 Å². The number of halogens is 1. The van der Waals surface area contributed by atoms with Crippen LogP contribution in [0.5, 0.6) is 0 Å². The van der Waals surface area contributed by atoms with E-state index in [-0.39, 0.29) is 11.7 Å². The minimum atomic E-state index is -0.747. The van der Waals surface area contributed by atoms with E-state index in [2.05, 4.69) is 0 Å². The maximum atomic E-state index is 12.9. The lowest BCUT2D eigenvalue weighted by Crippen LogP contribution is -2.28. The van der Waals surface area contributed by atoms with Gasteiger partial charge in [-0.05, 0) is 42.0 Å². The zero-order valence-corrected chi connectivity index (χ0v) is 8.55.